The summed E-state index contributed by atoms with van der Waals surface area (Å²) < 4.78 is 5.25. The Balaban J connectivity index is 2.61. The normalized spacial score (nSPS) is 21.4. The molecule has 94 valence electrons. The Hall–Kier alpha value is -0.650. The number of nitrogens with two attached hydrogens (primary N) is 1. The van der Waals surface area contributed by atoms with Gasteiger partial charge in [0.05, 0.1) is 18.1 Å². The number of nitrogens with one attached hydrogen (secondary N) is 1. The number of hydrogen-bond acceptors (Lipinski definition) is 4. The van der Waals surface area contributed by atoms with E-state index >= 15 is 0 Å². The van der Waals surface area contributed by atoms with Gasteiger partial charge in [0.25, 0.3) is 0 Å². The zero-order chi connectivity index (χ0) is 12.0. The summed E-state index contributed by atoms with van der Waals surface area (Å²) in [6, 6.07) is -0.168. The number of hydrogen-bond donors (Lipinski definition) is 3. The van der Waals surface area contributed by atoms with Crippen molar-refractivity contribution in [3.63, 3.8) is 0 Å². The third-order valence-electron chi connectivity index (χ3n) is 3.37. The second-order valence-electron chi connectivity index (χ2n) is 4.36. The van der Waals surface area contributed by atoms with Gasteiger partial charge in [-0.1, -0.05) is 6.92 Å². The predicted molar refractivity (Wildman–Crippen MR) is 60.8 cm³/mol. The lowest BCUT2D eigenvalue weighted by Gasteiger charge is -2.35. The van der Waals surface area contributed by atoms with Gasteiger partial charge in [0, 0.05) is 19.8 Å². The molecule has 5 nitrogen and oxygen atoms in total. The molecule has 5 heteroatoms. The summed E-state index contributed by atoms with van der Waals surface area (Å²) in [5.41, 5.74) is 5.22. The predicted octanol–water partition coefficient (Wildman–Crippen LogP) is -0.371. The average molecular weight is 230 g/mol. The first-order valence-electron chi connectivity index (χ1n) is 5.88. The molecule has 0 spiro atoms. The van der Waals surface area contributed by atoms with Crippen LogP contribution in [0, 0.1) is 5.41 Å². The molecule has 0 aromatic heterocycles. The molecule has 4 N–H and O–H groups in total. The summed E-state index contributed by atoms with van der Waals surface area (Å²) in [5, 5.41) is 11.9. The van der Waals surface area contributed by atoms with Gasteiger partial charge in [-0.15, -0.1) is 0 Å². The van der Waals surface area contributed by atoms with Crippen molar-refractivity contribution in [2.24, 2.45) is 11.1 Å². The van der Waals surface area contributed by atoms with Gasteiger partial charge >= 0.3 is 0 Å². The van der Waals surface area contributed by atoms with Gasteiger partial charge in [0.2, 0.25) is 5.91 Å². The van der Waals surface area contributed by atoms with E-state index in [1.807, 2.05) is 6.92 Å². The molecule has 1 rings (SSSR count). The highest BCUT2D eigenvalue weighted by atomic mass is 16.5. The van der Waals surface area contributed by atoms with Crippen molar-refractivity contribution in [2.75, 3.05) is 26.4 Å². The fraction of sp³-hybridized carbons (Fsp3) is 0.909. The maximum atomic E-state index is 12.1. The van der Waals surface area contributed by atoms with Crippen molar-refractivity contribution < 1.29 is 14.6 Å². The van der Waals surface area contributed by atoms with Gasteiger partial charge in [0.1, 0.15) is 0 Å². The Bertz CT molecular complexity index is 223. The maximum absolute atomic E-state index is 12.1. The summed E-state index contributed by atoms with van der Waals surface area (Å²) in [6.45, 7) is 3.41. The fourth-order valence-corrected chi connectivity index (χ4v) is 1.90. The summed E-state index contributed by atoms with van der Waals surface area (Å²) in [5.74, 6) is -0.0424. The Morgan fingerprint density at radius 2 is 2.19 bits per heavy atom. The highest BCUT2D eigenvalue weighted by Gasteiger charge is 2.39. The Morgan fingerprint density at radius 1 is 1.56 bits per heavy atom. The Morgan fingerprint density at radius 3 is 2.62 bits per heavy atom. The van der Waals surface area contributed by atoms with Crippen LogP contribution in [0.3, 0.4) is 0 Å². The second kappa shape index (κ2) is 6.18. The number of aliphatic hydroxyl groups excluding tert-OH is 1. The smallest absolute Gasteiger partial charge is 0.227 e. The van der Waals surface area contributed by atoms with Crippen LogP contribution in [0.15, 0.2) is 0 Å². The van der Waals surface area contributed by atoms with E-state index in [2.05, 4.69) is 5.32 Å². The van der Waals surface area contributed by atoms with Crippen LogP contribution in [0.4, 0.5) is 0 Å². The third kappa shape index (κ3) is 2.93. The first-order valence-corrected chi connectivity index (χ1v) is 5.88. The molecule has 0 saturated carbocycles. The summed E-state index contributed by atoms with van der Waals surface area (Å²) in [7, 11) is 0. The molecule has 0 radical (unpaired) electrons. The molecule has 0 aromatic carbocycles. The number of aliphatic hydroxyl groups is 1. The topological polar surface area (TPSA) is 84.6 Å². The average Bonchev–Trinajstić information content (AvgIpc) is 2.36. The van der Waals surface area contributed by atoms with Crippen LogP contribution in [0.2, 0.25) is 0 Å². The minimum atomic E-state index is -0.499. The van der Waals surface area contributed by atoms with Gasteiger partial charge in [-0.3, -0.25) is 4.79 Å². The van der Waals surface area contributed by atoms with Gasteiger partial charge in [-0.2, -0.15) is 0 Å². The lowest BCUT2D eigenvalue weighted by Crippen LogP contribution is -2.52. The molecule has 1 atom stereocenters. The number of amides is 1. The monoisotopic (exact) mass is 230 g/mol. The molecule has 1 aliphatic rings. The SMILES string of the molecule is CCC(CO)NC(=O)C1(CN)CCOCC1. The van der Waals surface area contributed by atoms with Crippen LogP contribution in [0.5, 0.6) is 0 Å². The van der Waals surface area contributed by atoms with Gasteiger partial charge in [0.15, 0.2) is 0 Å². The number of carbonyl (C=O) groups is 1. The van der Waals surface area contributed by atoms with E-state index in [4.69, 9.17) is 15.6 Å². The standard InChI is InChI=1S/C11H22N2O3/c1-2-9(7-14)13-10(15)11(8-12)3-5-16-6-4-11/h9,14H,2-8,12H2,1H3,(H,13,15). The summed E-state index contributed by atoms with van der Waals surface area (Å²) in [6.07, 6.45) is 2.05. The zero-order valence-electron chi connectivity index (χ0n) is 9.87. The molecular weight excluding hydrogens is 208 g/mol. The number of carbonyl (C=O) groups excluding carboxylic acids is 1. The van der Waals surface area contributed by atoms with E-state index in [0.29, 0.717) is 32.6 Å². The highest BCUT2D eigenvalue weighted by molar-refractivity contribution is 5.83. The van der Waals surface area contributed by atoms with E-state index in [0.717, 1.165) is 6.42 Å². The van der Waals surface area contributed by atoms with Gasteiger partial charge < -0.3 is 20.9 Å². The molecule has 0 aliphatic carbocycles. The van der Waals surface area contributed by atoms with E-state index in [9.17, 15) is 4.79 Å². The van der Waals surface area contributed by atoms with Crippen LogP contribution in [-0.4, -0.2) is 43.4 Å². The number of ether oxygens (including phenoxy) is 1. The summed E-state index contributed by atoms with van der Waals surface area (Å²) >= 11 is 0. The molecule has 16 heavy (non-hydrogen) atoms. The minimum Gasteiger partial charge on any atom is -0.394 e. The van der Waals surface area contributed by atoms with E-state index in [1.165, 1.54) is 0 Å². The van der Waals surface area contributed by atoms with Crippen LogP contribution in [0.25, 0.3) is 0 Å². The van der Waals surface area contributed by atoms with Gasteiger partial charge in [-0.05, 0) is 19.3 Å². The molecule has 1 aliphatic heterocycles. The molecular formula is C11H22N2O3. The van der Waals surface area contributed by atoms with Crippen molar-refractivity contribution >= 4 is 5.91 Å². The lowest BCUT2D eigenvalue weighted by molar-refractivity contribution is -0.137. The Kier molecular flexibility index (Phi) is 5.18. The molecule has 1 heterocycles. The zero-order valence-corrected chi connectivity index (χ0v) is 9.87. The van der Waals surface area contributed by atoms with E-state index in [1.54, 1.807) is 0 Å². The van der Waals surface area contributed by atoms with Crippen molar-refractivity contribution in [1.82, 2.24) is 5.32 Å². The molecule has 0 bridgehead atoms. The maximum Gasteiger partial charge on any atom is 0.227 e. The second-order valence-corrected chi connectivity index (χ2v) is 4.36. The first-order chi connectivity index (χ1) is 7.68. The fourth-order valence-electron chi connectivity index (χ4n) is 1.90. The van der Waals surface area contributed by atoms with Crippen LogP contribution >= 0.6 is 0 Å². The Labute approximate surface area is 96.3 Å². The van der Waals surface area contributed by atoms with Crippen LogP contribution in [-0.2, 0) is 9.53 Å². The summed E-state index contributed by atoms with van der Waals surface area (Å²) in [4.78, 5) is 12.1. The number of rotatable bonds is 5. The molecule has 0 aromatic rings. The third-order valence-corrected chi connectivity index (χ3v) is 3.37. The van der Waals surface area contributed by atoms with Crippen LogP contribution in [0.1, 0.15) is 26.2 Å². The molecule has 1 unspecified atom stereocenters. The molecule has 1 saturated heterocycles. The van der Waals surface area contributed by atoms with E-state index in [-0.39, 0.29) is 18.6 Å². The molecule has 1 amide bonds. The van der Waals surface area contributed by atoms with Gasteiger partial charge in [-0.25, -0.2) is 0 Å². The van der Waals surface area contributed by atoms with E-state index < -0.39 is 5.41 Å². The molecule has 1 fully saturated rings. The van der Waals surface area contributed by atoms with Crippen molar-refractivity contribution in [3.8, 4) is 0 Å². The van der Waals surface area contributed by atoms with Crippen molar-refractivity contribution in [1.29, 1.82) is 0 Å². The van der Waals surface area contributed by atoms with Crippen molar-refractivity contribution in [3.05, 3.63) is 0 Å². The van der Waals surface area contributed by atoms with Crippen LogP contribution < -0.4 is 11.1 Å². The highest BCUT2D eigenvalue weighted by Crippen LogP contribution is 2.29. The van der Waals surface area contributed by atoms with Crippen molar-refractivity contribution in [2.45, 2.75) is 32.2 Å². The minimum absolute atomic E-state index is 0.0284. The largest absolute Gasteiger partial charge is 0.394 e. The lowest BCUT2D eigenvalue weighted by atomic mass is 9.79. The first kappa shape index (κ1) is 13.4. The quantitative estimate of drug-likeness (QED) is 0.601.